The molecule has 2 aliphatic heterocycles. The van der Waals surface area contributed by atoms with Crippen molar-refractivity contribution in [3.63, 3.8) is 0 Å². The lowest BCUT2D eigenvalue weighted by Crippen LogP contribution is -2.53. The molecule has 2 saturated carbocycles. The Labute approximate surface area is 114 Å². The molecule has 2 saturated heterocycles. The van der Waals surface area contributed by atoms with Gasteiger partial charge in [-0.1, -0.05) is 0 Å². The summed E-state index contributed by atoms with van der Waals surface area (Å²) in [7, 11) is 0. The highest BCUT2D eigenvalue weighted by molar-refractivity contribution is 5.75. The molecule has 4 unspecified atom stereocenters. The van der Waals surface area contributed by atoms with Crippen LogP contribution < -0.4 is 10.6 Å². The van der Waals surface area contributed by atoms with Gasteiger partial charge in [0.1, 0.15) is 6.10 Å². The highest BCUT2D eigenvalue weighted by Crippen LogP contribution is 2.53. The average Bonchev–Trinajstić information content (AvgIpc) is 3.03. The van der Waals surface area contributed by atoms with E-state index in [2.05, 4.69) is 10.6 Å². The molecule has 19 heavy (non-hydrogen) atoms. The van der Waals surface area contributed by atoms with E-state index in [0.29, 0.717) is 5.41 Å². The van der Waals surface area contributed by atoms with Crippen molar-refractivity contribution in [2.24, 2.45) is 16.7 Å². The van der Waals surface area contributed by atoms with E-state index in [1.807, 2.05) is 0 Å². The first-order valence-corrected chi connectivity index (χ1v) is 7.86. The molecule has 0 radical (unpaired) electrons. The van der Waals surface area contributed by atoms with Crippen LogP contribution in [0.4, 0.5) is 0 Å². The number of nitrogens with one attached hydrogen (secondary N) is 2. The molecule has 0 aromatic heterocycles. The predicted octanol–water partition coefficient (Wildman–Crippen LogP) is 1.06. The Kier molecular flexibility index (Phi) is 2.68. The van der Waals surface area contributed by atoms with Crippen LogP contribution in [-0.2, 0) is 9.53 Å². The maximum Gasteiger partial charge on any atom is 0.309 e. The standard InChI is InChI=1S/C15H24N2O2/c18-13(11-1-3-14(11)5-7-16-9-14)19-12-2-4-15(12)6-8-17-10-15/h11-12,16-17H,1-10H2. The third kappa shape index (κ3) is 1.69. The van der Waals surface area contributed by atoms with E-state index in [4.69, 9.17) is 4.74 Å². The van der Waals surface area contributed by atoms with Crippen LogP contribution in [0.25, 0.3) is 0 Å². The number of ether oxygens (including phenoxy) is 1. The lowest BCUT2D eigenvalue weighted by atomic mass is 9.59. The summed E-state index contributed by atoms with van der Waals surface area (Å²) in [5.74, 6) is 0.278. The molecule has 4 aliphatic rings. The van der Waals surface area contributed by atoms with Crippen LogP contribution in [0.5, 0.6) is 0 Å². The van der Waals surface area contributed by atoms with Gasteiger partial charge in [0.2, 0.25) is 0 Å². The van der Waals surface area contributed by atoms with Crippen molar-refractivity contribution in [1.29, 1.82) is 0 Å². The molecule has 0 aromatic rings. The van der Waals surface area contributed by atoms with Crippen molar-refractivity contribution in [2.75, 3.05) is 26.2 Å². The van der Waals surface area contributed by atoms with Crippen LogP contribution in [0.3, 0.4) is 0 Å². The number of carbonyl (C=O) groups is 1. The number of carbonyl (C=O) groups excluding carboxylic acids is 1. The predicted molar refractivity (Wildman–Crippen MR) is 71.7 cm³/mol. The fourth-order valence-corrected chi connectivity index (χ4v) is 4.67. The van der Waals surface area contributed by atoms with E-state index in [-0.39, 0.29) is 23.4 Å². The van der Waals surface area contributed by atoms with Gasteiger partial charge >= 0.3 is 5.97 Å². The first-order valence-electron chi connectivity index (χ1n) is 7.86. The Hall–Kier alpha value is -0.610. The largest absolute Gasteiger partial charge is 0.461 e. The number of esters is 1. The van der Waals surface area contributed by atoms with Crippen LogP contribution in [-0.4, -0.2) is 38.3 Å². The Bertz CT molecular complexity index is 384. The summed E-state index contributed by atoms with van der Waals surface area (Å²) in [6, 6.07) is 0. The van der Waals surface area contributed by atoms with Crippen LogP contribution in [0.15, 0.2) is 0 Å². The van der Waals surface area contributed by atoms with E-state index >= 15 is 0 Å². The summed E-state index contributed by atoms with van der Waals surface area (Å²) in [6.07, 6.45) is 7.09. The molecule has 4 rings (SSSR count). The van der Waals surface area contributed by atoms with Crippen molar-refractivity contribution >= 4 is 5.97 Å². The van der Waals surface area contributed by atoms with E-state index in [9.17, 15) is 4.79 Å². The minimum atomic E-state index is 0.103. The molecule has 0 aromatic carbocycles. The third-order valence-corrected chi connectivity index (χ3v) is 6.35. The summed E-state index contributed by atoms with van der Waals surface area (Å²) in [6.45, 7) is 4.22. The minimum Gasteiger partial charge on any atom is -0.461 e. The van der Waals surface area contributed by atoms with Gasteiger partial charge in [-0.3, -0.25) is 4.79 Å². The third-order valence-electron chi connectivity index (χ3n) is 6.35. The SMILES string of the molecule is O=C(OC1CCC12CCNC2)C1CCC12CCNC2. The lowest BCUT2D eigenvalue weighted by Gasteiger charge is -2.49. The zero-order chi connectivity index (χ0) is 12.9. The van der Waals surface area contributed by atoms with Crippen LogP contribution in [0.2, 0.25) is 0 Å². The maximum atomic E-state index is 12.5. The van der Waals surface area contributed by atoms with E-state index in [1.165, 1.54) is 19.3 Å². The molecular weight excluding hydrogens is 240 g/mol. The van der Waals surface area contributed by atoms with E-state index < -0.39 is 0 Å². The van der Waals surface area contributed by atoms with Crippen molar-refractivity contribution in [1.82, 2.24) is 10.6 Å². The molecule has 4 atom stereocenters. The van der Waals surface area contributed by atoms with E-state index in [0.717, 1.165) is 45.4 Å². The van der Waals surface area contributed by atoms with E-state index in [1.54, 1.807) is 0 Å². The molecule has 2 heterocycles. The van der Waals surface area contributed by atoms with Gasteiger partial charge in [0.15, 0.2) is 0 Å². The normalized spacial score (nSPS) is 48.2. The molecule has 4 nitrogen and oxygen atoms in total. The Morgan fingerprint density at radius 3 is 2.11 bits per heavy atom. The van der Waals surface area contributed by atoms with Gasteiger partial charge in [-0.05, 0) is 57.0 Å². The summed E-state index contributed by atoms with van der Waals surface area (Å²) in [5, 5.41) is 6.83. The quantitative estimate of drug-likeness (QED) is 0.732. The van der Waals surface area contributed by atoms with Gasteiger partial charge in [0, 0.05) is 18.5 Å². The summed E-state index contributed by atoms with van der Waals surface area (Å²) < 4.78 is 5.91. The fourth-order valence-electron chi connectivity index (χ4n) is 4.67. The van der Waals surface area contributed by atoms with Gasteiger partial charge in [0.05, 0.1) is 5.92 Å². The number of rotatable bonds is 2. The molecule has 0 bridgehead atoms. The van der Waals surface area contributed by atoms with Crippen LogP contribution in [0, 0.1) is 16.7 Å². The molecule has 2 spiro atoms. The fraction of sp³-hybridized carbons (Fsp3) is 0.933. The number of hydrogen-bond donors (Lipinski definition) is 2. The zero-order valence-electron chi connectivity index (χ0n) is 11.5. The van der Waals surface area contributed by atoms with Crippen molar-refractivity contribution < 1.29 is 9.53 Å². The van der Waals surface area contributed by atoms with Gasteiger partial charge in [-0.15, -0.1) is 0 Å². The maximum absolute atomic E-state index is 12.5. The Morgan fingerprint density at radius 1 is 0.947 bits per heavy atom. The second kappa shape index (κ2) is 4.19. The van der Waals surface area contributed by atoms with Gasteiger partial charge < -0.3 is 15.4 Å². The first kappa shape index (κ1) is 12.2. The summed E-state index contributed by atoms with van der Waals surface area (Å²) in [4.78, 5) is 12.5. The Morgan fingerprint density at radius 2 is 1.63 bits per heavy atom. The number of hydrogen-bond acceptors (Lipinski definition) is 4. The molecular formula is C15H24N2O2. The highest BCUT2D eigenvalue weighted by atomic mass is 16.5. The van der Waals surface area contributed by atoms with Gasteiger partial charge in [0.25, 0.3) is 0 Å². The smallest absolute Gasteiger partial charge is 0.309 e. The molecule has 2 aliphatic carbocycles. The average molecular weight is 264 g/mol. The topological polar surface area (TPSA) is 50.4 Å². The zero-order valence-corrected chi connectivity index (χ0v) is 11.5. The van der Waals surface area contributed by atoms with Crippen LogP contribution >= 0.6 is 0 Å². The molecule has 106 valence electrons. The molecule has 2 N–H and O–H groups in total. The first-order chi connectivity index (χ1) is 9.24. The second-order valence-corrected chi connectivity index (χ2v) is 7.13. The van der Waals surface area contributed by atoms with Crippen molar-refractivity contribution in [3.05, 3.63) is 0 Å². The molecule has 4 heteroatoms. The monoisotopic (exact) mass is 264 g/mol. The molecule has 0 amide bonds. The summed E-state index contributed by atoms with van der Waals surface area (Å²) in [5.41, 5.74) is 0.544. The van der Waals surface area contributed by atoms with Gasteiger partial charge in [-0.2, -0.15) is 0 Å². The van der Waals surface area contributed by atoms with Crippen LogP contribution in [0.1, 0.15) is 38.5 Å². The molecule has 4 fully saturated rings. The highest BCUT2D eigenvalue weighted by Gasteiger charge is 2.55. The Balaban J connectivity index is 1.39. The van der Waals surface area contributed by atoms with Gasteiger partial charge in [-0.25, -0.2) is 0 Å². The second-order valence-electron chi connectivity index (χ2n) is 7.13. The van der Waals surface area contributed by atoms with Crippen molar-refractivity contribution in [2.45, 2.75) is 44.6 Å². The lowest BCUT2D eigenvalue weighted by molar-refractivity contribution is -0.182. The van der Waals surface area contributed by atoms with Crippen molar-refractivity contribution in [3.8, 4) is 0 Å². The summed E-state index contributed by atoms with van der Waals surface area (Å²) >= 11 is 0. The minimum absolute atomic E-state index is 0.103.